The lowest BCUT2D eigenvalue weighted by atomic mass is 10.2. The van der Waals surface area contributed by atoms with Gasteiger partial charge in [0.25, 0.3) is 0 Å². The number of benzene rings is 1. The molecule has 0 fully saturated rings. The molecule has 0 unspecified atom stereocenters. The zero-order valence-corrected chi connectivity index (χ0v) is 7.17. The third-order valence-corrected chi connectivity index (χ3v) is 1.66. The topological polar surface area (TPSA) is 44.3 Å². The third kappa shape index (κ3) is 2.53. The van der Waals surface area contributed by atoms with Crippen LogP contribution in [0.1, 0.15) is 12.5 Å². The van der Waals surface area contributed by atoms with Crippen molar-refractivity contribution in [1.29, 1.82) is 0 Å². The first kappa shape index (κ1) is 9.03. The molecular weight excluding hydrogens is 152 g/mol. The number of hydrogen-bond donors (Lipinski definition) is 3. The highest BCUT2D eigenvalue weighted by Crippen LogP contribution is 2.07. The summed E-state index contributed by atoms with van der Waals surface area (Å²) in [7, 11) is 0. The Morgan fingerprint density at radius 3 is 2.42 bits per heavy atom. The maximum absolute atomic E-state index is 8.54. The van der Waals surface area contributed by atoms with Crippen LogP contribution in [0.15, 0.2) is 24.3 Å². The quantitative estimate of drug-likeness (QED) is 0.595. The van der Waals surface area contributed by atoms with Crippen LogP contribution in [0.5, 0.6) is 0 Å². The summed E-state index contributed by atoms with van der Waals surface area (Å²) in [6.07, 6.45) is 0. The first-order valence-corrected chi connectivity index (χ1v) is 4.06. The molecule has 3 N–H and O–H groups in total. The van der Waals surface area contributed by atoms with Crippen molar-refractivity contribution in [3.05, 3.63) is 29.8 Å². The van der Waals surface area contributed by atoms with E-state index in [2.05, 4.69) is 17.7 Å². The van der Waals surface area contributed by atoms with E-state index in [9.17, 15) is 0 Å². The van der Waals surface area contributed by atoms with Gasteiger partial charge in [-0.25, -0.2) is 0 Å². The van der Waals surface area contributed by atoms with Crippen LogP contribution in [-0.4, -0.2) is 11.8 Å². The predicted octanol–water partition coefficient (Wildman–Crippen LogP) is 1.60. The Balaban J connectivity index is 2.53. The second kappa shape index (κ2) is 4.74. The Morgan fingerprint density at radius 1 is 1.25 bits per heavy atom. The molecular formula is C9H14N2O. The maximum Gasteiger partial charge on any atom is 0.0602 e. The lowest BCUT2D eigenvalue weighted by Crippen LogP contribution is -2.11. The molecule has 0 spiro atoms. The van der Waals surface area contributed by atoms with Gasteiger partial charge in [0.1, 0.15) is 0 Å². The van der Waals surface area contributed by atoms with Crippen LogP contribution in [0.3, 0.4) is 0 Å². The zero-order chi connectivity index (χ0) is 8.81. The average Bonchev–Trinajstić information content (AvgIpc) is 2.15. The Bertz CT molecular complexity index is 220. The molecule has 0 saturated heterocycles. The Labute approximate surface area is 72.4 Å². The largest absolute Gasteiger partial charge is 0.313 e. The van der Waals surface area contributed by atoms with Gasteiger partial charge in [0, 0.05) is 6.54 Å². The number of nitrogens with one attached hydrogen (secondary N) is 2. The zero-order valence-electron chi connectivity index (χ0n) is 7.17. The molecule has 0 bridgehead atoms. The van der Waals surface area contributed by atoms with Crippen molar-refractivity contribution in [1.82, 2.24) is 5.32 Å². The fraction of sp³-hybridized carbons (Fsp3) is 0.333. The second-order valence-corrected chi connectivity index (χ2v) is 2.59. The minimum Gasteiger partial charge on any atom is -0.313 e. The fourth-order valence-corrected chi connectivity index (χ4v) is 0.966. The summed E-state index contributed by atoms with van der Waals surface area (Å²) in [4.78, 5) is 0. The van der Waals surface area contributed by atoms with Gasteiger partial charge in [0.05, 0.1) is 5.69 Å². The van der Waals surface area contributed by atoms with Crippen LogP contribution in [0.25, 0.3) is 0 Å². The summed E-state index contributed by atoms with van der Waals surface area (Å²) in [5, 5.41) is 11.8. The van der Waals surface area contributed by atoms with Crippen LogP contribution >= 0.6 is 0 Å². The molecule has 1 aromatic rings. The molecule has 12 heavy (non-hydrogen) atoms. The van der Waals surface area contributed by atoms with E-state index in [1.54, 1.807) is 0 Å². The van der Waals surface area contributed by atoms with E-state index in [-0.39, 0.29) is 0 Å². The van der Waals surface area contributed by atoms with Crippen LogP contribution in [-0.2, 0) is 6.54 Å². The SMILES string of the molecule is CCNCc1ccc(NO)cc1. The molecule has 66 valence electrons. The van der Waals surface area contributed by atoms with Gasteiger partial charge in [0.2, 0.25) is 0 Å². The van der Waals surface area contributed by atoms with Crippen molar-refractivity contribution >= 4 is 5.69 Å². The predicted molar refractivity (Wildman–Crippen MR) is 49.2 cm³/mol. The summed E-state index contributed by atoms with van der Waals surface area (Å²) in [5.74, 6) is 0. The van der Waals surface area contributed by atoms with Crippen molar-refractivity contribution in [2.45, 2.75) is 13.5 Å². The van der Waals surface area contributed by atoms with E-state index in [0.717, 1.165) is 18.8 Å². The highest BCUT2D eigenvalue weighted by Gasteiger charge is 1.91. The summed E-state index contributed by atoms with van der Waals surface area (Å²) in [6, 6.07) is 7.63. The average molecular weight is 166 g/mol. The van der Waals surface area contributed by atoms with E-state index >= 15 is 0 Å². The van der Waals surface area contributed by atoms with Gasteiger partial charge in [-0.05, 0) is 24.2 Å². The maximum atomic E-state index is 8.54. The van der Waals surface area contributed by atoms with E-state index in [1.807, 2.05) is 24.3 Å². The van der Waals surface area contributed by atoms with Gasteiger partial charge in [-0.15, -0.1) is 0 Å². The van der Waals surface area contributed by atoms with E-state index < -0.39 is 0 Å². The van der Waals surface area contributed by atoms with Crippen LogP contribution in [0, 0.1) is 0 Å². The molecule has 0 aromatic heterocycles. The highest BCUT2D eigenvalue weighted by atomic mass is 16.5. The Morgan fingerprint density at radius 2 is 1.92 bits per heavy atom. The van der Waals surface area contributed by atoms with Crippen molar-refractivity contribution in [3.8, 4) is 0 Å². The minimum absolute atomic E-state index is 0.718. The van der Waals surface area contributed by atoms with Gasteiger partial charge in [-0.2, -0.15) is 0 Å². The standard InChI is InChI=1S/C9H14N2O/c1-2-10-7-8-3-5-9(11-12)6-4-8/h3-6,10-12H,2,7H2,1H3. The Hall–Kier alpha value is -1.06. The minimum atomic E-state index is 0.718. The molecule has 0 aliphatic rings. The number of rotatable bonds is 4. The first-order valence-electron chi connectivity index (χ1n) is 4.06. The molecule has 0 aliphatic heterocycles. The number of hydrogen-bond acceptors (Lipinski definition) is 3. The molecule has 0 saturated carbocycles. The van der Waals surface area contributed by atoms with Crippen molar-refractivity contribution < 1.29 is 5.21 Å². The fourth-order valence-electron chi connectivity index (χ4n) is 0.966. The normalized spacial score (nSPS) is 9.83. The van der Waals surface area contributed by atoms with Crippen LogP contribution < -0.4 is 10.8 Å². The second-order valence-electron chi connectivity index (χ2n) is 2.59. The number of anilines is 1. The first-order chi connectivity index (χ1) is 5.86. The molecule has 0 amide bonds. The molecule has 3 nitrogen and oxygen atoms in total. The Kier molecular flexibility index (Phi) is 3.57. The summed E-state index contributed by atoms with van der Waals surface area (Å²) < 4.78 is 0. The highest BCUT2D eigenvalue weighted by molar-refractivity contribution is 5.42. The molecule has 0 heterocycles. The smallest absolute Gasteiger partial charge is 0.0602 e. The lowest BCUT2D eigenvalue weighted by molar-refractivity contribution is 0.389. The third-order valence-electron chi connectivity index (χ3n) is 1.66. The van der Waals surface area contributed by atoms with Gasteiger partial charge in [-0.1, -0.05) is 19.1 Å². The van der Waals surface area contributed by atoms with E-state index in [4.69, 9.17) is 5.21 Å². The van der Waals surface area contributed by atoms with Crippen molar-refractivity contribution in [2.75, 3.05) is 12.0 Å². The summed E-state index contributed by atoms with van der Waals surface area (Å²) in [5.41, 5.74) is 4.03. The van der Waals surface area contributed by atoms with Crippen LogP contribution in [0.4, 0.5) is 5.69 Å². The lowest BCUT2D eigenvalue weighted by Gasteiger charge is -2.02. The van der Waals surface area contributed by atoms with Gasteiger partial charge < -0.3 is 5.32 Å². The van der Waals surface area contributed by atoms with Gasteiger partial charge in [-0.3, -0.25) is 10.7 Å². The van der Waals surface area contributed by atoms with E-state index in [1.165, 1.54) is 5.56 Å². The molecule has 0 atom stereocenters. The monoisotopic (exact) mass is 166 g/mol. The van der Waals surface area contributed by atoms with Crippen LogP contribution in [0.2, 0.25) is 0 Å². The summed E-state index contributed by atoms with van der Waals surface area (Å²) in [6.45, 7) is 3.92. The van der Waals surface area contributed by atoms with Crippen molar-refractivity contribution in [3.63, 3.8) is 0 Å². The molecule has 1 rings (SSSR count). The van der Waals surface area contributed by atoms with Crippen molar-refractivity contribution in [2.24, 2.45) is 0 Å². The molecule has 0 aliphatic carbocycles. The summed E-state index contributed by atoms with van der Waals surface area (Å²) >= 11 is 0. The molecule has 0 radical (unpaired) electrons. The van der Waals surface area contributed by atoms with Gasteiger partial charge in [0.15, 0.2) is 0 Å². The molecule has 3 heteroatoms. The van der Waals surface area contributed by atoms with Gasteiger partial charge >= 0.3 is 0 Å². The van der Waals surface area contributed by atoms with E-state index in [0.29, 0.717) is 0 Å². The molecule has 1 aromatic carbocycles.